The van der Waals surface area contributed by atoms with Crippen LogP contribution in [0.5, 0.6) is 0 Å². The highest BCUT2D eigenvalue weighted by molar-refractivity contribution is 7.89. The molecule has 2 aromatic rings. The molecular weight excluding hydrogens is 362 g/mol. The van der Waals surface area contributed by atoms with Gasteiger partial charge in [-0.1, -0.05) is 30.3 Å². The molecule has 2 bridgehead atoms. The van der Waals surface area contributed by atoms with Gasteiger partial charge in [0.05, 0.1) is 12.3 Å². The second kappa shape index (κ2) is 6.72. The largest absolute Gasteiger partial charge is 0.396 e. The Bertz CT molecular complexity index is 925. The highest BCUT2D eigenvalue weighted by Crippen LogP contribution is 2.53. The lowest BCUT2D eigenvalue weighted by Gasteiger charge is -2.36. The van der Waals surface area contributed by atoms with Crippen LogP contribution < -0.4 is 0 Å². The van der Waals surface area contributed by atoms with Gasteiger partial charge in [0, 0.05) is 30.2 Å². The fourth-order valence-electron chi connectivity index (χ4n) is 5.04. The highest BCUT2D eigenvalue weighted by Gasteiger charge is 2.59. The standard InChI is InChI=1S/C20H27N3O3S/c1-3-22-13-18(15(2)21-22)27(25,26)23-17-9-10-19(23)20(12-17,14-24)11-16-7-5-4-6-8-16/h4-8,13,17,19,24H,3,9-12,14H2,1-2H3/t17-,19+,20-/m0/s1. The molecular formula is C20H27N3O3S. The Balaban J connectivity index is 1.69. The maximum atomic E-state index is 13.5. The Labute approximate surface area is 160 Å². The second-order valence-electron chi connectivity index (χ2n) is 7.90. The molecule has 2 aliphatic heterocycles. The van der Waals surface area contributed by atoms with Crippen LogP contribution in [0, 0.1) is 12.3 Å². The van der Waals surface area contributed by atoms with Gasteiger partial charge in [0.25, 0.3) is 0 Å². The number of sulfonamides is 1. The van der Waals surface area contributed by atoms with Gasteiger partial charge in [0.15, 0.2) is 0 Å². The maximum absolute atomic E-state index is 13.5. The van der Waals surface area contributed by atoms with Gasteiger partial charge in [-0.2, -0.15) is 9.40 Å². The number of fused-ring (bicyclic) bond motifs is 2. The van der Waals surface area contributed by atoms with Crippen LogP contribution in [0.4, 0.5) is 0 Å². The Morgan fingerprint density at radius 2 is 2.00 bits per heavy atom. The van der Waals surface area contributed by atoms with E-state index in [0.717, 1.165) is 18.4 Å². The van der Waals surface area contributed by atoms with Crippen molar-refractivity contribution < 1.29 is 13.5 Å². The van der Waals surface area contributed by atoms with Gasteiger partial charge in [-0.3, -0.25) is 4.68 Å². The van der Waals surface area contributed by atoms with Crippen LogP contribution in [0.15, 0.2) is 41.4 Å². The van der Waals surface area contributed by atoms with Crippen molar-refractivity contribution in [3.05, 3.63) is 47.8 Å². The predicted octanol–water partition coefficient (Wildman–Crippen LogP) is 2.36. The fourth-order valence-corrected chi connectivity index (χ4v) is 7.18. The summed E-state index contributed by atoms with van der Waals surface area (Å²) in [6.45, 7) is 4.33. The third-order valence-corrected chi connectivity index (χ3v) is 8.35. The molecule has 1 aromatic carbocycles. The average molecular weight is 390 g/mol. The summed E-state index contributed by atoms with van der Waals surface area (Å²) in [6, 6.07) is 9.85. The highest BCUT2D eigenvalue weighted by atomic mass is 32.2. The van der Waals surface area contributed by atoms with Crippen molar-refractivity contribution in [1.29, 1.82) is 0 Å². The van der Waals surface area contributed by atoms with Gasteiger partial charge >= 0.3 is 0 Å². The SMILES string of the molecule is CCn1cc(S(=O)(=O)N2[C@H]3CC[C@@H]2[C@@](CO)(Cc2ccccc2)C3)c(C)n1. The van der Waals surface area contributed by atoms with Gasteiger partial charge < -0.3 is 5.11 Å². The molecule has 146 valence electrons. The summed E-state index contributed by atoms with van der Waals surface area (Å²) >= 11 is 0. The van der Waals surface area contributed by atoms with Crippen LogP contribution in [0.2, 0.25) is 0 Å². The zero-order valence-electron chi connectivity index (χ0n) is 15.9. The number of aryl methyl sites for hydroxylation is 2. The van der Waals surface area contributed by atoms with Crippen LogP contribution >= 0.6 is 0 Å². The van der Waals surface area contributed by atoms with Crippen molar-refractivity contribution >= 4 is 10.0 Å². The molecule has 0 unspecified atom stereocenters. The number of benzene rings is 1. The second-order valence-corrected chi connectivity index (χ2v) is 9.71. The number of rotatable bonds is 6. The summed E-state index contributed by atoms with van der Waals surface area (Å²) in [5.74, 6) is 0. The van der Waals surface area contributed by atoms with Crippen molar-refractivity contribution in [2.75, 3.05) is 6.61 Å². The molecule has 3 atom stereocenters. The monoisotopic (exact) mass is 389 g/mol. The van der Waals surface area contributed by atoms with E-state index in [1.807, 2.05) is 25.1 Å². The van der Waals surface area contributed by atoms with Gasteiger partial charge in [-0.25, -0.2) is 8.42 Å². The molecule has 0 aliphatic carbocycles. The van der Waals surface area contributed by atoms with Gasteiger partial charge in [0.2, 0.25) is 10.0 Å². The number of hydrogen-bond acceptors (Lipinski definition) is 4. The zero-order valence-corrected chi connectivity index (χ0v) is 16.7. The molecule has 0 radical (unpaired) electrons. The minimum atomic E-state index is -3.63. The third-order valence-electron chi connectivity index (χ3n) is 6.28. The van der Waals surface area contributed by atoms with Gasteiger partial charge in [-0.05, 0) is 45.1 Å². The van der Waals surface area contributed by atoms with Gasteiger partial charge in [0.1, 0.15) is 4.90 Å². The molecule has 6 nitrogen and oxygen atoms in total. The number of hydrogen-bond donors (Lipinski definition) is 1. The molecule has 0 amide bonds. The molecule has 27 heavy (non-hydrogen) atoms. The molecule has 1 aromatic heterocycles. The van der Waals surface area contributed by atoms with E-state index in [2.05, 4.69) is 17.2 Å². The minimum absolute atomic E-state index is 0.00227. The summed E-state index contributed by atoms with van der Waals surface area (Å²) in [5, 5.41) is 14.6. The Morgan fingerprint density at radius 1 is 1.26 bits per heavy atom. The van der Waals surface area contributed by atoms with Crippen molar-refractivity contribution in [3.63, 3.8) is 0 Å². The number of aromatic nitrogens is 2. The normalized spacial score (nSPS) is 28.1. The molecule has 2 aliphatic rings. The van der Waals surface area contributed by atoms with Gasteiger partial charge in [-0.15, -0.1) is 0 Å². The molecule has 2 saturated heterocycles. The number of nitrogens with zero attached hydrogens (tertiary/aromatic N) is 3. The van der Waals surface area contributed by atoms with E-state index in [4.69, 9.17) is 0 Å². The van der Waals surface area contributed by atoms with E-state index in [1.54, 1.807) is 22.1 Å². The number of aliphatic hydroxyl groups excluding tert-OH is 1. The topological polar surface area (TPSA) is 75.4 Å². The van der Waals surface area contributed by atoms with Crippen molar-refractivity contribution in [2.45, 2.75) is 63.1 Å². The predicted molar refractivity (Wildman–Crippen MR) is 103 cm³/mol. The van der Waals surface area contributed by atoms with E-state index in [1.165, 1.54) is 0 Å². The number of aliphatic hydroxyl groups is 1. The summed E-state index contributed by atoms with van der Waals surface area (Å²) < 4.78 is 30.3. The minimum Gasteiger partial charge on any atom is -0.396 e. The Hall–Kier alpha value is -1.70. The van der Waals surface area contributed by atoms with Crippen molar-refractivity contribution in [3.8, 4) is 0 Å². The fraction of sp³-hybridized carbons (Fsp3) is 0.550. The van der Waals surface area contributed by atoms with Crippen LogP contribution in [-0.4, -0.2) is 46.3 Å². The summed E-state index contributed by atoms with van der Waals surface area (Å²) in [6.07, 6.45) is 4.72. The third kappa shape index (κ3) is 2.92. The first-order chi connectivity index (χ1) is 12.9. The summed E-state index contributed by atoms with van der Waals surface area (Å²) in [7, 11) is -3.63. The average Bonchev–Trinajstić information content (AvgIpc) is 3.34. The van der Waals surface area contributed by atoms with Crippen LogP contribution in [0.3, 0.4) is 0 Å². The van der Waals surface area contributed by atoms with E-state index >= 15 is 0 Å². The van der Waals surface area contributed by atoms with Crippen LogP contribution in [-0.2, 0) is 23.0 Å². The maximum Gasteiger partial charge on any atom is 0.246 e. The van der Waals surface area contributed by atoms with Crippen molar-refractivity contribution in [1.82, 2.24) is 14.1 Å². The van der Waals surface area contributed by atoms with Crippen LogP contribution in [0.25, 0.3) is 0 Å². The lowest BCUT2D eigenvalue weighted by molar-refractivity contribution is 0.0888. The lowest BCUT2D eigenvalue weighted by atomic mass is 9.70. The molecule has 2 fully saturated rings. The van der Waals surface area contributed by atoms with E-state index in [0.29, 0.717) is 30.0 Å². The molecule has 0 spiro atoms. The van der Waals surface area contributed by atoms with Crippen molar-refractivity contribution in [2.24, 2.45) is 5.41 Å². The first kappa shape index (κ1) is 18.7. The molecule has 3 heterocycles. The first-order valence-electron chi connectivity index (χ1n) is 9.63. The quantitative estimate of drug-likeness (QED) is 0.823. The molecule has 0 saturated carbocycles. The Morgan fingerprint density at radius 3 is 2.63 bits per heavy atom. The molecule has 4 rings (SSSR count). The smallest absolute Gasteiger partial charge is 0.246 e. The summed E-state index contributed by atoms with van der Waals surface area (Å²) in [4.78, 5) is 0.301. The Kier molecular flexibility index (Phi) is 4.64. The van der Waals surface area contributed by atoms with E-state index < -0.39 is 15.4 Å². The lowest BCUT2D eigenvalue weighted by Crippen LogP contribution is -2.43. The first-order valence-corrected chi connectivity index (χ1v) is 11.1. The molecule has 7 heteroatoms. The van der Waals surface area contributed by atoms with E-state index in [9.17, 15) is 13.5 Å². The van der Waals surface area contributed by atoms with E-state index in [-0.39, 0.29) is 18.7 Å². The van der Waals surface area contributed by atoms with Crippen LogP contribution in [0.1, 0.15) is 37.4 Å². The zero-order chi connectivity index (χ0) is 19.2. The molecule has 1 N–H and O–H groups in total. The summed E-state index contributed by atoms with van der Waals surface area (Å²) in [5.41, 5.74) is 1.28.